The molecule has 4 nitrogen and oxygen atoms in total. The van der Waals surface area contributed by atoms with Crippen molar-refractivity contribution in [2.75, 3.05) is 5.32 Å². The first-order chi connectivity index (χ1) is 15.1. The maximum absolute atomic E-state index is 12.9. The van der Waals surface area contributed by atoms with Crippen LogP contribution < -0.4 is 5.32 Å². The van der Waals surface area contributed by atoms with Crippen LogP contribution in [0.25, 0.3) is 21.8 Å². The third kappa shape index (κ3) is 5.29. The van der Waals surface area contributed by atoms with E-state index in [1.807, 2.05) is 60.0 Å². The van der Waals surface area contributed by atoms with Crippen molar-refractivity contribution in [1.29, 1.82) is 0 Å². The average molecular weight is 431 g/mol. The Morgan fingerprint density at radius 2 is 1.55 bits per heavy atom. The molecule has 0 radical (unpaired) electrons. The van der Waals surface area contributed by atoms with Gasteiger partial charge in [0.1, 0.15) is 10.8 Å². The molecule has 1 aromatic heterocycles. The summed E-state index contributed by atoms with van der Waals surface area (Å²) in [7, 11) is 0. The average Bonchev–Trinajstić information content (AvgIpc) is 3.29. The minimum Gasteiger partial charge on any atom is -0.326 e. The van der Waals surface area contributed by atoms with Crippen molar-refractivity contribution >= 4 is 28.7 Å². The highest BCUT2D eigenvalue weighted by Crippen LogP contribution is 2.29. The van der Waals surface area contributed by atoms with Gasteiger partial charge in [0.15, 0.2) is 5.78 Å². The van der Waals surface area contributed by atoms with Gasteiger partial charge in [-0.1, -0.05) is 42.5 Å². The summed E-state index contributed by atoms with van der Waals surface area (Å²) in [5.41, 5.74) is 3.98. The second-order valence-corrected chi connectivity index (χ2v) is 7.82. The summed E-state index contributed by atoms with van der Waals surface area (Å²) in [6, 6.07) is 22.8. The van der Waals surface area contributed by atoms with Gasteiger partial charge in [-0.2, -0.15) is 0 Å². The molecule has 0 saturated heterocycles. The number of amides is 1. The highest BCUT2D eigenvalue weighted by molar-refractivity contribution is 7.13. The van der Waals surface area contributed by atoms with Gasteiger partial charge in [0.25, 0.3) is 0 Å². The van der Waals surface area contributed by atoms with Crippen molar-refractivity contribution in [1.82, 2.24) is 4.98 Å². The lowest BCUT2D eigenvalue weighted by molar-refractivity contribution is -0.116. The van der Waals surface area contributed by atoms with Gasteiger partial charge in [-0.05, 0) is 36.4 Å². The van der Waals surface area contributed by atoms with Crippen LogP contribution in [0.15, 0.2) is 84.2 Å². The second kappa shape index (κ2) is 9.45. The molecule has 3 aromatic carbocycles. The summed E-state index contributed by atoms with van der Waals surface area (Å²) >= 11 is 1.59. The molecular formula is C25H19FN2O2S. The standard InChI is InChI=1S/C25H19FN2O2S/c26-20-10-6-18(7-11-20)23(29)14-15-24(30)27-21-12-8-17(9-13-21)22-16-31-25(28-22)19-4-2-1-3-5-19/h1-13,16H,14-15H2,(H,27,30). The quantitative estimate of drug-likeness (QED) is 0.354. The first kappa shape index (κ1) is 20.6. The van der Waals surface area contributed by atoms with Crippen LogP contribution in [-0.4, -0.2) is 16.7 Å². The number of carbonyl (C=O) groups excluding carboxylic acids is 2. The number of carbonyl (C=O) groups is 2. The van der Waals surface area contributed by atoms with Gasteiger partial charge in [-0.15, -0.1) is 11.3 Å². The molecule has 4 aromatic rings. The second-order valence-electron chi connectivity index (χ2n) is 6.96. The normalized spacial score (nSPS) is 10.6. The zero-order chi connectivity index (χ0) is 21.6. The zero-order valence-corrected chi connectivity index (χ0v) is 17.4. The third-order valence-corrected chi connectivity index (χ3v) is 5.63. The number of thiazole rings is 1. The Labute approximate surface area is 183 Å². The van der Waals surface area contributed by atoms with Crippen molar-refractivity contribution in [2.45, 2.75) is 12.8 Å². The first-order valence-corrected chi connectivity index (χ1v) is 10.7. The van der Waals surface area contributed by atoms with E-state index in [2.05, 4.69) is 5.32 Å². The molecule has 0 saturated carbocycles. The van der Waals surface area contributed by atoms with E-state index < -0.39 is 5.82 Å². The summed E-state index contributed by atoms with van der Waals surface area (Å²) in [5.74, 6) is -0.835. The molecule has 0 fully saturated rings. The molecule has 4 rings (SSSR count). The van der Waals surface area contributed by atoms with Gasteiger partial charge in [0, 0.05) is 40.6 Å². The van der Waals surface area contributed by atoms with Crippen LogP contribution in [0, 0.1) is 5.82 Å². The Morgan fingerprint density at radius 3 is 2.26 bits per heavy atom. The third-order valence-electron chi connectivity index (χ3n) is 4.73. The Hall–Kier alpha value is -3.64. The molecule has 0 spiro atoms. The van der Waals surface area contributed by atoms with E-state index in [0.717, 1.165) is 21.8 Å². The zero-order valence-electron chi connectivity index (χ0n) is 16.5. The highest BCUT2D eigenvalue weighted by Gasteiger charge is 2.11. The molecule has 0 bridgehead atoms. The lowest BCUT2D eigenvalue weighted by Gasteiger charge is -2.06. The molecule has 0 aliphatic rings. The summed E-state index contributed by atoms with van der Waals surface area (Å²) in [6.45, 7) is 0. The predicted molar refractivity (Wildman–Crippen MR) is 122 cm³/mol. The van der Waals surface area contributed by atoms with Crippen LogP contribution in [0.3, 0.4) is 0 Å². The number of rotatable bonds is 7. The summed E-state index contributed by atoms with van der Waals surface area (Å²) in [4.78, 5) is 29.0. The summed E-state index contributed by atoms with van der Waals surface area (Å²) in [5, 5.41) is 5.77. The molecule has 154 valence electrons. The summed E-state index contributed by atoms with van der Waals surface area (Å²) in [6.07, 6.45) is 0.126. The number of ketones is 1. The SMILES string of the molecule is O=C(CCC(=O)c1ccc(F)cc1)Nc1ccc(-c2csc(-c3ccccc3)n2)cc1. The Bertz CT molecular complexity index is 1190. The van der Waals surface area contributed by atoms with E-state index in [4.69, 9.17) is 4.98 Å². The van der Waals surface area contributed by atoms with E-state index in [1.165, 1.54) is 24.3 Å². The van der Waals surface area contributed by atoms with Crippen LogP contribution >= 0.6 is 11.3 Å². The molecule has 1 heterocycles. The van der Waals surface area contributed by atoms with Crippen LogP contribution in [0.5, 0.6) is 0 Å². The van der Waals surface area contributed by atoms with Crippen LogP contribution in [0.2, 0.25) is 0 Å². The van der Waals surface area contributed by atoms with Crippen molar-refractivity contribution < 1.29 is 14.0 Å². The van der Waals surface area contributed by atoms with E-state index in [1.54, 1.807) is 11.3 Å². The molecular weight excluding hydrogens is 411 g/mol. The van der Waals surface area contributed by atoms with E-state index in [-0.39, 0.29) is 24.5 Å². The van der Waals surface area contributed by atoms with Crippen LogP contribution in [0.1, 0.15) is 23.2 Å². The monoisotopic (exact) mass is 430 g/mol. The van der Waals surface area contributed by atoms with Crippen molar-refractivity contribution in [3.05, 3.63) is 95.6 Å². The lowest BCUT2D eigenvalue weighted by Crippen LogP contribution is -2.13. The Balaban J connectivity index is 1.33. The van der Waals surface area contributed by atoms with Crippen molar-refractivity contribution in [3.63, 3.8) is 0 Å². The minimum atomic E-state index is -0.397. The lowest BCUT2D eigenvalue weighted by atomic mass is 10.1. The fourth-order valence-electron chi connectivity index (χ4n) is 3.07. The Morgan fingerprint density at radius 1 is 0.839 bits per heavy atom. The smallest absolute Gasteiger partial charge is 0.224 e. The van der Waals surface area contributed by atoms with Gasteiger partial charge < -0.3 is 5.32 Å². The maximum Gasteiger partial charge on any atom is 0.224 e. The number of benzene rings is 3. The van der Waals surface area contributed by atoms with E-state index in [0.29, 0.717) is 11.3 Å². The Kier molecular flexibility index (Phi) is 6.29. The number of aromatic nitrogens is 1. The van der Waals surface area contributed by atoms with Crippen molar-refractivity contribution in [3.8, 4) is 21.8 Å². The molecule has 6 heteroatoms. The van der Waals surface area contributed by atoms with Crippen LogP contribution in [-0.2, 0) is 4.79 Å². The number of nitrogens with one attached hydrogen (secondary N) is 1. The molecule has 1 amide bonds. The summed E-state index contributed by atoms with van der Waals surface area (Å²) < 4.78 is 12.9. The van der Waals surface area contributed by atoms with Crippen LogP contribution in [0.4, 0.5) is 10.1 Å². The predicted octanol–water partition coefficient (Wildman–Crippen LogP) is 6.22. The molecule has 0 unspecified atom stereocenters. The molecule has 31 heavy (non-hydrogen) atoms. The number of nitrogens with zero attached hydrogens (tertiary/aromatic N) is 1. The van der Waals surface area contributed by atoms with Gasteiger partial charge in [-0.3, -0.25) is 9.59 Å². The molecule has 1 N–H and O–H groups in total. The number of hydrogen-bond donors (Lipinski definition) is 1. The topological polar surface area (TPSA) is 59.1 Å². The van der Waals surface area contributed by atoms with Gasteiger partial charge in [-0.25, -0.2) is 9.37 Å². The number of halogens is 1. The van der Waals surface area contributed by atoms with E-state index in [9.17, 15) is 14.0 Å². The van der Waals surface area contributed by atoms with E-state index >= 15 is 0 Å². The van der Waals surface area contributed by atoms with Gasteiger partial charge in [0.2, 0.25) is 5.91 Å². The number of anilines is 1. The molecule has 0 atom stereocenters. The van der Waals surface area contributed by atoms with Gasteiger partial charge in [0.05, 0.1) is 5.69 Å². The molecule has 0 aliphatic carbocycles. The van der Waals surface area contributed by atoms with Gasteiger partial charge >= 0.3 is 0 Å². The number of Topliss-reactive ketones (excluding diaryl/α,β-unsaturated/α-hetero) is 1. The van der Waals surface area contributed by atoms with Crippen molar-refractivity contribution in [2.24, 2.45) is 0 Å². The minimum absolute atomic E-state index is 0.0600. The number of hydrogen-bond acceptors (Lipinski definition) is 4. The fraction of sp³-hybridized carbons (Fsp3) is 0.0800. The fourth-order valence-corrected chi connectivity index (χ4v) is 3.91. The largest absolute Gasteiger partial charge is 0.326 e. The highest BCUT2D eigenvalue weighted by atomic mass is 32.1. The first-order valence-electron chi connectivity index (χ1n) is 9.78. The maximum atomic E-state index is 12.9. The molecule has 0 aliphatic heterocycles.